The van der Waals surface area contributed by atoms with Gasteiger partial charge < -0.3 is 10.1 Å². The second-order valence-corrected chi connectivity index (χ2v) is 4.16. The van der Waals surface area contributed by atoms with Crippen molar-refractivity contribution in [3.8, 4) is 0 Å². The Kier molecular flexibility index (Phi) is 2.47. The minimum atomic E-state index is -1.01. The third kappa shape index (κ3) is 1.69. The maximum atomic E-state index is 10.9. The van der Waals surface area contributed by atoms with Gasteiger partial charge in [0.2, 0.25) is 0 Å². The van der Waals surface area contributed by atoms with Gasteiger partial charge in [-0.25, -0.2) is 4.79 Å². The third-order valence-corrected chi connectivity index (χ3v) is 2.01. The van der Waals surface area contributed by atoms with Crippen LogP contribution in [0.1, 0.15) is 47.2 Å². The summed E-state index contributed by atoms with van der Waals surface area (Å²) < 4.78 is 0. The smallest absolute Gasteiger partial charge is 0.337 e. The topological polar surface area (TPSA) is 70.2 Å². The zero-order chi connectivity index (χ0) is 10.9. The molecule has 1 rings (SSSR count). The molecule has 14 heavy (non-hydrogen) atoms. The van der Waals surface area contributed by atoms with E-state index in [0.717, 1.165) is 0 Å². The average molecular weight is 195 g/mol. The number of aromatic nitrogens is 1. The molecule has 0 bridgehead atoms. The van der Waals surface area contributed by atoms with Gasteiger partial charge in [-0.1, -0.05) is 20.8 Å². The first-order chi connectivity index (χ1) is 6.38. The number of carboxylic acid groups (broad SMARTS) is 1. The number of hydrogen-bond donors (Lipinski definition) is 2. The lowest BCUT2D eigenvalue weighted by Gasteiger charge is -2.19. The number of rotatable bonds is 2. The molecule has 1 aromatic rings. The summed E-state index contributed by atoms with van der Waals surface area (Å²) in [5.74, 6) is -1.01. The number of aromatic amines is 1. The van der Waals surface area contributed by atoms with E-state index in [2.05, 4.69) is 4.98 Å². The van der Waals surface area contributed by atoms with Crippen LogP contribution < -0.4 is 0 Å². The van der Waals surface area contributed by atoms with Gasteiger partial charge in [-0.05, 0) is 5.41 Å². The zero-order valence-electron chi connectivity index (χ0n) is 8.42. The van der Waals surface area contributed by atoms with Gasteiger partial charge in [-0.15, -0.1) is 0 Å². The van der Waals surface area contributed by atoms with Gasteiger partial charge in [-0.2, -0.15) is 0 Å². The molecule has 4 nitrogen and oxygen atoms in total. The molecule has 4 heteroatoms. The van der Waals surface area contributed by atoms with Crippen molar-refractivity contribution in [1.29, 1.82) is 0 Å². The lowest BCUT2D eigenvalue weighted by atomic mass is 9.84. The van der Waals surface area contributed by atoms with Crippen LogP contribution in [-0.4, -0.2) is 22.3 Å². The predicted molar refractivity (Wildman–Crippen MR) is 51.8 cm³/mol. The van der Waals surface area contributed by atoms with Crippen molar-refractivity contribution in [3.63, 3.8) is 0 Å². The number of aromatic carboxylic acids is 1. The summed E-state index contributed by atoms with van der Waals surface area (Å²) in [5.41, 5.74) is 0.707. The molecule has 0 spiro atoms. The number of aldehydes is 1. The van der Waals surface area contributed by atoms with Crippen molar-refractivity contribution >= 4 is 12.3 Å². The number of hydrogen-bond acceptors (Lipinski definition) is 2. The summed E-state index contributed by atoms with van der Waals surface area (Å²) >= 11 is 0. The molecule has 1 heterocycles. The fourth-order valence-corrected chi connectivity index (χ4v) is 1.51. The van der Waals surface area contributed by atoms with Crippen molar-refractivity contribution in [3.05, 3.63) is 23.0 Å². The number of nitrogens with one attached hydrogen (secondary N) is 1. The summed E-state index contributed by atoms with van der Waals surface area (Å²) in [6, 6.07) is 0. The van der Waals surface area contributed by atoms with Crippen molar-refractivity contribution in [2.75, 3.05) is 0 Å². The number of carbonyl (C=O) groups excluding carboxylic acids is 1. The van der Waals surface area contributed by atoms with Gasteiger partial charge in [0, 0.05) is 11.8 Å². The van der Waals surface area contributed by atoms with Gasteiger partial charge in [0.1, 0.15) is 0 Å². The normalized spacial score (nSPS) is 11.4. The van der Waals surface area contributed by atoms with Crippen LogP contribution in [0.4, 0.5) is 0 Å². The fourth-order valence-electron chi connectivity index (χ4n) is 1.51. The second-order valence-electron chi connectivity index (χ2n) is 4.16. The summed E-state index contributed by atoms with van der Waals surface area (Å²) in [5, 5.41) is 8.90. The van der Waals surface area contributed by atoms with Crippen molar-refractivity contribution < 1.29 is 14.7 Å². The van der Waals surface area contributed by atoms with Crippen LogP contribution in [0.15, 0.2) is 6.20 Å². The largest absolute Gasteiger partial charge is 0.478 e. The zero-order valence-corrected chi connectivity index (χ0v) is 8.42. The standard InChI is InChI=1S/C10H13NO3/c1-10(2,3)8-6(9(13)14)4-11-7(8)5-12/h4-5,11H,1-3H3,(H,13,14). The first kappa shape index (κ1) is 10.5. The molecule has 0 aromatic carbocycles. The van der Waals surface area contributed by atoms with E-state index < -0.39 is 5.97 Å². The van der Waals surface area contributed by atoms with Gasteiger partial charge in [-0.3, -0.25) is 4.79 Å². The molecule has 0 amide bonds. The first-order valence-corrected chi connectivity index (χ1v) is 4.28. The van der Waals surface area contributed by atoms with E-state index in [1.807, 2.05) is 20.8 Å². The van der Waals surface area contributed by atoms with Crippen LogP contribution in [0.3, 0.4) is 0 Å². The Morgan fingerprint density at radius 3 is 2.43 bits per heavy atom. The number of carboxylic acids is 1. The minimum absolute atomic E-state index is 0.166. The molecule has 2 N–H and O–H groups in total. The van der Waals surface area contributed by atoms with E-state index in [1.54, 1.807) is 0 Å². The molecule has 0 unspecified atom stereocenters. The molecule has 0 atom stereocenters. The Balaban J connectivity index is 3.41. The number of H-pyrrole nitrogens is 1. The van der Waals surface area contributed by atoms with Crippen molar-refractivity contribution in [2.24, 2.45) is 0 Å². The lowest BCUT2D eigenvalue weighted by molar-refractivity contribution is 0.0694. The van der Waals surface area contributed by atoms with E-state index in [4.69, 9.17) is 5.11 Å². The highest BCUT2D eigenvalue weighted by molar-refractivity contribution is 5.93. The molecule has 1 aromatic heterocycles. The summed E-state index contributed by atoms with van der Waals surface area (Å²) in [4.78, 5) is 24.2. The van der Waals surface area contributed by atoms with Crippen LogP contribution in [0.25, 0.3) is 0 Å². The lowest BCUT2D eigenvalue weighted by Crippen LogP contribution is -2.17. The molecule has 0 saturated carbocycles. The molecular formula is C10H13NO3. The Bertz CT molecular complexity index is 371. The van der Waals surface area contributed by atoms with E-state index in [1.165, 1.54) is 6.20 Å². The third-order valence-electron chi connectivity index (χ3n) is 2.01. The number of carbonyl (C=O) groups is 2. The van der Waals surface area contributed by atoms with Crippen LogP contribution in [0.2, 0.25) is 0 Å². The maximum absolute atomic E-state index is 10.9. The highest BCUT2D eigenvalue weighted by atomic mass is 16.4. The van der Waals surface area contributed by atoms with Crippen LogP contribution in [-0.2, 0) is 5.41 Å². The van der Waals surface area contributed by atoms with Crippen molar-refractivity contribution in [1.82, 2.24) is 4.98 Å². The molecular weight excluding hydrogens is 182 g/mol. The van der Waals surface area contributed by atoms with Gasteiger partial charge >= 0.3 is 5.97 Å². The SMILES string of the molecule is CC(C)(C)c1c(C(=O)O)c[nH]c1C=O. The molecule has 0 aliphatic rings. The average Bonchev–Trinajstić information content (AvgIpc) is 2.45. The Labute approximate surface area is 81.9 Å². The van der Waals surface area contributed by atoms with Gasteiger partial charge in [0.05, 0.1) is 11.3 Å². The molecule has 0 aliphatic heterocycles. The first-order valence-electron chi connectivity index (χ1n) is 4.28. The molecule has 0 saturated heterocycles. The highest BCUT2D eigenvalue weighted by Gasteiger charge is 2.26. The van der Waals surface area contributed by atoms with Gasteiger partial charge in [0.15, 0.2) is 6.29 Å². The van der Waals surface area contributed by atoms with E-state index in [-0.39, 0.29) is 11.0 Å². The monoisotopic (exact) mass is 195 g/mol. The summed E-state index contributed by atoms with van der Waals surface area (Å²) in [6.07, 6.45) is 2.00. The Morgan fingerprint density at radius 2 is 2.07 bits per heavy atom. The van der Waals surface area contributed by atoms with Crippen LogP contribution in [0.5, 0.6) is 0 Å². The summed E-state index contributed by atoms with van der Waals surface area (Å²) in [6.45, 7) is 5.61. The predicted octanol–water partition coefficient (Wildman–Crippen LogP) is 1.82. The highest BCUT2D eigenvalue weighted by Crippen LogP contribution is 2.28. The molecule has 0 aliphatic carbocycles. The van der Waals surface area contributed by atoms with Gasteiger partial charge in [0.25, 0.3) is 0 Å². The quantitative estimate of drug-likeness (QED) is 0.707. The molecule has 76 valence electrons. The van der Waals surface area contributed by atoms with Crippen molar-refractivity contribution in [2.45, 2.75) is 26.2 Å². The Hall–Kier alpha value is -1.58. The Morgan fingerprint density at radius 1 is 1.50 bits per heavy atom. The molecule has 0 fully saturated rings. The van der Waals surface area contributed by atoms with E-state index >= 15 is 0 Å². The van der Waals surface area contributed by atoms with Crippen LogP contribution >= 0.6 is 0 Å². The fraction of sp³-hybridized carbons (Fsp3) is 0.400. The second kappa shape index (κ2) is 3.29. The minimum Gasteiger partial charge on any atom is -0.478 e. The summed E-state index contributed by atoms with van der Waals surface area (Å²) in [7, 11) is 0. The van der Waals surface area contributed by atoms with E-state index in [0.29, 0.717) is 17.5 Å². The van der Waals surface area contributed by atoms with E-state index in [9.17, 15) is 9.59 Å². The van der Waals surface area contributed by atoms with Crippen LogP contribution in [0, 0.1) is 0 Å². The maximum Gasteiger partial charge on any atom is 0.337 e. The molecule has 0 radical (unpaired) electrons.